The lowest BCUT2D eigenvalue weighted by atomic mass is 9.94. The van der Waals surface area contributed by atoms with E-state index in [1.807, 2.05) is 72.0 Å². The summed E-state index contributed by atoms with van der Waals surface area (Å²) in [4.78, 5) is 14.9. The fraction of sp³-hybridized carbons (Fsp3) is 0. The predicted octanol–water partition coefficient (Wildman–Crippen LogP) is 15.1. The van der Waals surface area contributed by atoms with Crippen molar-refractivity contribution in [2.45, 2.75) is 0 Å². The van der Waals surface area contributed by atoms with Crippen molar-refractivity contribution in [3.05, 3.63) is 212 Å². The Bertz CT molecular complexity index is 3240. The topological polar surface area (TPSA) is 38.7 Å². The van der Waals surface area contributed by atoms with Crippen molar-refractivity contribution in [3.8, 4) is 78.7 Å². The number of aromatic nitrogens is 3. The lowest BCUT2D eigenvalue weighted by molar-refractivity contribution is 1.07. The Morgan fingerprint density at radius 2 is 0.729 bits per heavy atom. The predicted molar refractivity (Wildman–Crippen MR) is 248 cm³/mol. The SMILES string of the molecule is c1ccc(-c2ccc(-c3cc4ccccc4c4c3sc3c(-c5cccc(-c6cccc(-c7nc(-c8ccccc8)nc(-c8ccccc8)n7)c6)c5)cccc34)cc2)cc1. The number of fused-ring (bicyclic) bond motifs is 5. The average molecular weight is 770 g/mol. The van der Waals surface area contributed by atoms with Crippen LogP contribution in [0.2, 0.25) is 0 Å². The van der Waals surface area contributed by atoms with Crippen LogP contribution in [0.3, 0.4) is 0 Å². The summed E-state index contributed by atoms with van der Waals surface area (Å²) in [6.07, 6.45) is 0. The molecule has 2 heterocycles. The zero-order valence-corrected chi connectivity index (χ0v) is 32.8. The van der Waals surface area contributed by atoms with E-state index in [9.17, 15) is 0 Å². The molecule has 0 aliphatic heterocycles. The van der Waals surface area contributed by atoms with Gasteiger partial charge >= 0.3 is 0 Å². The molecule has 0 spiro atoms. The van der Waals surface area contributed by atoms with Crippen LogP contribution >= 0.6 is 11.3 Å². The summed E-state index contributed by atoms with van der Waals surface area (Å²) in [6, 6.07) is 75.3. The first-order valence-electron chi connectivity index (χ1n) is 19.8. The van der Waals surface area contributed by atoms with Gasteiger partial charge in [0.1, 0.15) is 0 Å². The molecule has 2 aromatic heterocycles. The molecule has 0 aliphatic rings. The maximum atomic E-state index is 5.00. The van der Waals surface area contributed by atoms with Crippen molar-refractivity contribution in [2.75, 3.05) is 0 Å². The molecule has 0 bridgehead atoms. The minimum atomic E-state index is 0.642. The monoisotopic (exact) mass is 769 g/mol. The molecular weight excluding hydrogens is 735 g/mol. The lowest BCUT2D eigenvalue weighted by Crippen LogP contribution is -2.00. The third kappa shape index (κ3) is 6.46. The molecule has 0 saturated carbocycles. The first-order valence-corrected chi connectivity index (χ1v) is 20.7. The number of benzene rings is 9. The van der Waals surface area contributed by atoms with E-state index in [0.29, 0.717) is 17.5 Å². The van der Waals surface area contributed by atoms with Gasteiger partial charge in [0.05, 0.1) is 0 Å². The maximum Gasteiger partial charge on any atom is 0.164 e. The van der Waals surface area contributed by atoms with Crippen molar-refractivity contribution >= 4 is 42.3 Å². The average Bonchev–Trinajstić information content (AvgIpc) is 3.73. The third-order valence-electron chi connectivity index (χ3n) is 11.1. The van der Waals surface area contributed by atoms with Gasteiger partial charge < -0.3 is 0 Å². The lowest BCUT2D eigenvalue weighted by Gasteiger charge is -2.11. The van der Waals surface area contributed by atoms with Gasteiger partial charge in [-0.05, 0) is 67.9 Å². The van der Waals surface area contributed by atoms with Crippen molar-refractivity contribution in [3.63, 3.8) is 0 Å². The molecule has 0 radical (unpaired) electrons. The molecule has 0 aliphatic carbocycles. The summed E-state index contributed by atoms with van der Waals surface area (Å²) in [5.41, 5.74) is 12.4. The van der Waals surface area contributed by atoms with Gasteiger partial charge in [0, 0.05) is 42.4 Å². The molecule has 59 heavy (non-hydrogen) atoms. The van der Waals surface area contributed by atoms with Crippen LogP contribution in [0.25, 0.3) is 110 Å². The van der Waals surface area contributed by atoms with Gasteiger partial charge in [0.25, 0.3) is 0 Å². The van der Waals surface area contributed by atoms with Gasteiger partial charge in [-0.2, -0.15) is 0 Å². The maximum absolute atomic E-state index is 5.00. The van der Waals surface area contributed by atoms with Crippen LogP contribution < -0.4 is 0 Å². The summed E-state index contributed by atoms with van der Waals surface area (Å²) in [5, 5.41) is 5.13. The second-order valence-electron chi connectivity index (χ2n) is 14.8. The highest BCUT2D eigenvalue weighted by Crippen LogP contribution is 2.47. The molecule has 0 saturated heterocycles. The van der Waals surface area contributed by atoms with Crippen LogP contribution in [0.5, 0.6) is 0 Å². The molecule has 0 amide bonds. The van der Waals surface area contributed by atoms with E-state index >= 15 is 0 Å². The smallest absolute Gasteiger partial charge is 0.164 e. The fourth-order valence-corrected chi connectivity index (χ4v) is 9.59. The van der Waals surface area contributed by atoms with E-state index in [4.69, 9.17) is 15.0 Å². The summed E-state index contributed by atoms with van der Waals surface area (Å²) in [5.74, 6) is 1.94. The Labute approximate surface area is 346 Å². The number of thiophene rings is 1. The number of hydrogen-bond acceptors (Lipinski definition) is 4. The first kappa shape index (κ1) is 34.7. The number of nitrogens with zero attached hydrogens (tertiary/aromatic N) is 3. The highest BCUT2D eigenvalue weighted by molar-refractivity contribution is 7.27. The normalized spacial score (nSPS) is 11.4. The van der Waals surface area contributed by atoms with Crippen LogP contribution in [0.4, 0.5) is 0 Å². The van der Waals surface area contributed by atoms with Gasteiger partial charge in [-0.25, -0.2) is 15.0 Å². The first-order chi connectivity index (χ1) is 29.2. The van der Waals surface area contributed by atoms with Gasteiger partial charge in [-0.15, -0.1) is 11.3 Å². The Balaban J connectivity index is 1.01. The van der Waals surface area contributed by atoms with E-state index in [0.717, 1.165) is 27.8 Å². The molecule has 9 aromatic carbocycles. The zero-order valence-electron chi connectivity index (χ0n) is 32.0. The van der Waals surface area contributed by atoms with Crippen LogP contribution in [0.1, 0.15) is 0 Å². The molecule has 0 fully saturated rings. The standard InChI is InChI=1S/C55H35N3S/c1-4-15-36(16-5-1)37-29-31-38(32-30-37)49-35-44-21-10-11-26-46(44)50-48-28-14-27-47(51(48)59-52(49)50)43-24-12-22-41(33-43)42-23-13-25-45(34-42)55-57-53(39-17-6-2-7-18-39)56-54(58-55)40-19-8-3-9-20-40/h1-35H. The van der Waals surface area contributed by atoms with E-state index < -0.39 is 0 Å². The van der Waals surface area contributed by atoms with Crippen molar-refractivity contribution < 1.29 is 0 Å². The fourth-order valence-electron chi connectivity index (χ4n) is 8.20. The molecule has 276 valence electrons. The number of hydrogen-bond donors (Lipinski definition) is 0. The third-order valence-corrected chi connectivity index (χ3v) is 12.4. The minimum absolute atomic E-state index is 0.642. The van der Waals surface area contributed by atoms with Gasteiger partial charge in [0.15, 0.2) is 17.5 Å². The second kappa shape index (κ2) is 14.8. The highest BCUT2D eigenvalue weighted by Gasteiger charge is 2.18. The van der Waals surface area contributed by atoms with Gasteiger partial charge in [0.2, 0.25) is 0 Å². The largest absolute Gasteiger partial charge is 0.208 e. The van der Waals surface area contributed by atoms with Crippen LogP contribution in [0.15, 0.2) is 212 Å². The van der Waals surface area contributed by atoms with Gasteiger partial charge in [-0.1, -0.05) is 194 Å². The molecular formula is C55H35N3S. The molecule has 11 rings (SSSR count). The Hall–Kier alpha value is -7.53. The molecule has 11 aromatic rings. The van der Waals surface area contributed by atoms with E-state index in [1.54, 1.807) is 0 Å². The second-order valence-corrected chi connectivity index (χ2v) is 15.8. The van der Waals surface area contributed by atoms with E-state index in [2.05, 4.69) is 152 Å². The van der Waals surface area contributed by atoms with Crippen LogP contribution in [-0.2, 0) is 0 Å². The van der Waals surface area contributed by atoms with Crippen molar-refractivity contribution in [2.24, 2.45) is 0 Å². The molecule has 3 nitrogen and oxygen atoms in total. The summed E-state index contributed by atoms with van der Waals surface area (Å²) >= 11 is 1.90. The summed E-state index contributed by atoms with van der Waals surface area (Å²) < 4.78 is 2.60. The Morgan fingerprint density at radius 3 is 1.39 bits per heavy atom. The van der Waals surface area contributed by atoms with Gasteiger partial charge in [-0.3, -0.25) is 0 Å². The molecule has 0 N–H and O–H groups in total. The quantitative estimate of drug-likeness (QED) is 0.162. The van der Waals surface area contributed by atoms with Crippen molar-refractivity contribution in [1.82, 2.24) is 15.0 Å². The summed E-state index contributed by atoms with van der Waals surface area (Å²) in [6.45, 7) is 0. The van der Waals surface area contributed by atoms with Crippen LogP contribution in [0, 0.1) is 0 Å². The zero-order chi connectivity index (χ0) is 39.1. The minimum Gasteiger partial charge on any atom is -0.208 e. The Morgan fingerprint density at radius 1 is 0.271 bits per heavy atom. The molecule has 4 heteroatoms. The number of rotatable bonds is 7. The Kier molecular flexibility index (Phi) is 8.68. The summed E-state index contributed by atoms with van der Waals surface area (Å²) in [7, 11) is 0. The molecule has 0 unspecified atom stereocenters. The molecule has 0 atom stereocenters. The highest BCUT2D eigenvalue weighted by atomic mass is 32.1. The van der Waals surface area contributed by atoms with E-state index in [-0.39, 0.29) is 0 Å². The van der Waals surface area contributed by atoms with Crippen LogP contribution in [-0.4, -0.2) is 15.0 Å². The van der Waals surface area contributed by atoms with Crippen molar-refractivity contribution in [1.29, 1.82) is 0 Å². The van der Waals surface area contributed by atoms with E-state index in [1.165, 1.54) is 64.3 Å².